The highest BCUT2D eigenvalue weighted by molar-refractivity contribution is 5.69. The molecule has 1 N–H and O–H groups in total. The van der Waals surface area contributed by atoms with E-state index in [0.29, 0.717) is 19.6 Å². The second kappa shape index (κ2) is 36.1. The number of hydrogen-bond donors (Lipinski definition) is 1. The number of hydrogen-bond acceptors (Lipinski definition) is 4. The first-order valence-electron chi connectivity index (χ1n) is 18.4. The van der Waals surface area contributed by atoms with Crippen LogP contribution in [0.3, 0.4) is 0 Å². The van der Waals surface area contributed by atoms with Gasteiger partial charge in [0.1, 0.15) is 6.10 Å². The third-order valence-electron chi connectivity index (χ3n) is 8.03. The zero-order valence-corrected chi connectivity index (χ0v) is 28.3. The predicted molar refractivity (Wildman–Crippen MR) is 182 cm³/mol. The van der Waals surface area contributed by atoms with Crippen LogP contribution in [0.25, 0.3) is 0 Å². The van der Waals surface area contributed by atoms with Crippen molar-refractivity contribution >= 4 is 5.97 Å². The van der Waals surface area contributed by atoms with Crippen LogP contribution in [-0.2, 0) is 14.3 Å². The minimum Gasteiger partial charge on any atom is -0.457 e. The van der Waals surface area contributed by atoms with Crippen molar-refractivity contribution in [1.82, 2.24) is 0 Å². The molecular formula is C38H72O4. The Bertz CT molecular complexity index is 586. The lowest BCUT2D eigenvalue weighted by Crippen LogP contribution is -2.27. The van der Waals surface area contributed by atoms with Gasteiger partial charge in [0, 0.05) is 13.0 Å². The van der Waals surface area contributed by atoms with Gasteiger partial charge in [0.2, 0.25) is 0 Å². The van der Waals surface area contributed by atoms with Crippen LogP contribution in [0.5, 0.6) is 0 Å². The minimum atomic E-state index is -0.532. The Morgan fingerprint density at radius 2 is 1.00 bits per heavy atom. The number of unbranched alkanes of at least 4 members (excludes halogenated alkanes) is 22. The molecule has 1 unspecified atom stereocenters. The van der Waals surface area contributed by atoms with Gasteiger partial charge in [0.25, 0.3) is 0 Å². The van der Waals surface area contributed by atoms with Crippen LogP contribution in [0.4, 0.5) is 0 Å². The van der Waals surface area contributed by atoms with E-state index in [1.807, 2.05) is 0 Å². The first kappa shape index (κ1) is 40.9. The Morgan fingerprint density at radius 1 is 0.571 bits per heavy atom. The van der Waals surface area contributed by atoms with Crippen molar-refractivity contribution < 1.29 is 19.4 Å². The Morgan fingerprint density at radius 3 is 1.52 bits per heavy atom. The van der Waals surface area contributed by atoms with Crippen molar-refractivity contribution in [3.05, 3.63) is 24.3 Å². The summed E-state index contributed by atoms with van der Waals surface area (Å²) in [7, 11) is 0. The fourth-order valence-electron chi connectivity index (χ4n) is 5.24. The van der Waals surface area contributed by atoms with Gasteiger partial charge >= 0.3 is 5.97 Å². The van der Waals surface area contributed by atoms with Crippen LogP contribution < -0.4 is 0 Å². The second-order valence-corrected chi connectivity index (χ2v) is 12.3. The van der Waals surface area contributed by atoms with Gasteiger partial charge in [0.15, 0.2) is 0 Å². The smallest absolute Gasteiger partial charge is 0.306 e. The lowest BCUT2D eigenvalue weighted by Gasteiger charge is -2.16. The summed E-state index contributed by atoms with van der Waals surface area (Å²) in [5, 5.41) is 9.55. The first-order chi connectivity index (χ1) is 20.7. The zero-order valence-electron chi connectivity index (χ0n) is 28.3. The molecule has 0 aliphatic carbocycles. The number of rotatable bonds is 34. The molecule has 0 aromatic heterocycles. The SMILES string of the molecule is CCCCC/C=C\C/C=C\CCCCCCCCCC(=O)OC(CO)COCCCCCCCCCCCCCCC. The fraction of sp³-hybridized carbons (Fsp3) is 0.868. The summed E-state index contributed by atoms with van der Waals surface area (Å²) < 4.78 is 11.1. The van der Waals surface area contributed by atoms with Gasteiger partial charge in [0.05, 0.1) is 13.2 Å². The lowest BCUT2D eigenvalue weighted by atomic mass is 10.0. The van der Waals surface area contributed by atoms with Crippen molar-refractivity contribution in [1.29, 1.82) is 0 Å². The Balaban J connectivity index is 3.44. The summed E-state index contributed by atoms with van der Waals surface area (Å²) in [6.07, 6.45) is 42.1. The van der Waals surface area contributed by atoms with E-state index in [9.17, 15) is 9.90 Å². The number of carbonyl (C=O) groups excluding carboxylic acids is 1. The highest BCUT2D eigenvalue weighted by atomic mass is 16.6. The van der Waals surface area contributed by atoms with Crippen molar-refractivity contribution in [2.45, 2.75) is 193 Å². The van der Waals surface area contributed by atoms with Gasteiger partial charge in [-0.25, -0.2) is 0 Å². The number of aliphatic hydroxyl groups excluding tert-OH is 1. The second-order valence-electron chi connectivity index (χ2n) is 12.3. The van der Waals surface area contributed by atoms with Crippen LogP contribution in [-0.4, -0.2) is 37.0 Å². The van der Waals surface area contributed by atoms with E-state index in [0.717, 1.165) is 25.7 Å². The molecule has 0 amide bonds. The molecule has 0 rings (SSSR count). The molecule has 0 aromatic carbocycles. The molecule has 0 aromatic rings. The lowest BCUT2D eigenvalue weighted by molar-refractivity contribution is -0.154. The average Bonchev–Trinajstić information content (AvgIpc) is 3.00. The Kier molecular flexibility index (Phi) is 35.1. The van der Waals surface area contributed by atoms with Crippen LogP contribution in [0.15, 0.2) is 24.3 Å². The first-order valence-corrected chi connectivity index (χ1v) is 18.4. The molecule has 0 saturated heterocycles. The van der Waals surface area contributed by atoms with Crippen molar-refractivity contribution in [2.75, 3.05) is 19.8 Å². The molecule has 4 nitrogen and oxygen atoms in total. The summed E-state index contributed by atoms with van der Waals surface area (Å²) in [5.74, 6) is -0.207. The molecule has 4 heteroatoms. The third-order valence-corrected chi connectivity index (χ3v) is 8.03. The van der Waals surface area contributed by atoms with Crippen molar-refractivity contribution in [2.24, 2.45) is 0 Å². The predicted octanol–water partition coefficient (Wildman–Crippen LogP) is 11.6. The topological polar surface area (TPSA) is 55.8 Å². The maximum Gasteiger partial charge on any atom is 0.306 e. The van der Waals surface area contributed by atoms with Crippen LogP contribution >= 0.6 is 0 Å². The van der Waals surface area contributed by atoms with Gasteiger partial charge in [-0.05, 0) is 44.9 Å². The maximum atomic E-state index is 12.1. The maximum absolute atomic E-state index is 12.1. The van der Waals surface area contributed by atoms with E-state index in [1.54, 1.807) is 0 Å². The van der Waals surface area contributed by atoms with E-state index in [-0.39, 0.29) is 12.6 Å². The van der Waals surface area contributed by atoms with E-state index < -0.39 is 6.10 Å². The largest absolute Gasteiger partial charge is 0.457 e. The van der Waals surface area contributed by atoms with E-state index in [4.69, 9.17) is 9.47 Å². The minimum absolute atomic E-state index is 0.171. The normalized spacial score (nSPS) is 12.5. The third kappa shape index (κ3) is 33.4. The number of allylic oxidation sites excluding steroid dienone is 4. The Hall–Kier alpha value is -1.13. The number of carbonyl (C=O) groups is 1. The molecular weight excluding hydrogens is 520 g/mol. The zero-order chi connectivity index (χ0) is 30.6. The molecule has 1 atom stereocenters. The van der Waals surface area contributed by atoms with Gasteiger partial charge in [-0.15, -0.1) is 0 Å². The van der Waals surface area contributed by atoms with Gasteiger partial charge in [-0.3, -0.25) is 4.79 Å². The molecule has 0 spiro atoms. The summed E-state index contributed by atoms with van der Waals surface area (Å²) in [4.78, 5) is 12.1. The number of esters is 1. The molecule has 0 fully saturated rings. The highest BCUT2D eigenvalue weighted by Crippen LogP contribution is 2.13. The molecule has 0 heterocycles. The van der Waals surface area contributed by atoms with Crippen LogP contribution in [0, 0.1) is 0 Å². The quantitative estimate of drug-likeness (QED) is 0.0459. The van der Waals surface area contributed by atoms with Crippen molar-refractivity contribution in [3.8, 4) is 0 Å². The van der Waals surface area contributed by atoms with E-state index in [2.05, 4.69) is 38.2 Å². The van der Waals surface area contributed by atoms with Crippen LogP contribution in [0.1, 0.15) is 187 Å². The fourth-order valence-corrected chi connectivity index (χ4v) is 5.24. The average molecular weight is 593 g/mol. The van der Waals surface area contributed by atoms with Crippen molar-refractivity contribution in [3.63, 3.8) is 0 Å². The summed E-state index contributed by atoms with van der Waals surface area (Å²) in [6.45, 7) is 5.33. The molecule has 0 saturated carbocycles. The molecule has 0 aliphatic heterocycles. The molecule has 0 bridgehead atoms. The van der Waals surface area contributed by atoms with Crippen LogP contribution in [0.2, 0.25) is 0 Å². The van der Waals surface area contributed by atoms with E-state index in [1.165, 1.54) is 141 Å². The summed E-state index contributed by atoms with van der Waals surface area (Å²) in [6, 6.07) is 0. The summed E-state index contributed by atoms with van der Waals surface area (Å²) in [5.41, 5.74) is 0. The Labute approximate surface area is 262 Å². The molecule has 248 valence electrons. The standard InChI is InChI=1S/C38H72O4/c1-3-5-7-9-11-13-15-17-18-19-20-21-23-25-27-29-31-33-38(40)42-37(35-39)36-41-34-32-30-28-26-24-22-16-14-12-10-8-6-4-2/h11,13,17-18,37,39H,3-10,12,14-16,19-36H2,1-2H3/b13-11-,18-17-. The van der Waals surface area contributed by atoms with E-state index >= 15 is 0 Å². The number of aliphatic hydroxyl groups is 1. The number of ether oxygens (including phenoxy) is 2. The van der Waals surface area contributed by atoms with Gasteiger partial charge < -0.3 is 14.6 Å². The highest BCUT2D eigenvalue weighted by Gasteiger charge is 2.13. The monoisotopic (exact) mass is 593 g/mol. The molecule has 0 aliphatic rings. The van der Waals surface area contributed by atoms with Gasteiger partial charge in [-0.1, -0.05) is 160 Å². The summed E-state index contributed by atoms with van der Waals surface area (Å²) >= 11 is 0. The molecule has 0 radical (unpaired) electrons. The van der Waals surface area contributed by atoms with Gasteiger partial charge in [-0.2, -0.15) is 0 Å². The molecule has 42 heavy (non-hydrogen) atoms.